The van der Waals surface area contributed by atoms with Crippen LogP contribution in [0.2, 0.25) is 0 Å². The Balaban J connectivity index is 2.00. The van der Waals surface area contributed by atoms with Gasteiger partial charge in [0.05, 0.1) is 14.2 Å². The molecule has 0 aliphatic rings. The predicted octanol–water partition coefficient (Wildman–Crippen LogP) is 3.35. The first-order chi connectivity index (χ1) is 12.5. The summed E-state index contributed by atoms with van der Waals surface area (Å²) in [5.74, 6) is 2.20. The first kappa shape index (κ1) is 20.1. The van der Waals surface area contributed by atoms with Gasteiger partial charge >= 0.3 is 0 Å². The molecule has 0 aromatic heterocycles. The molecule has 142 valence electrons. The standard InChI is InChI=1S/C21H29NO4/c1-16(2)22(13-17-9-8-12-20(24-3)21(17)25-4)14-18(23)15-26-19-10-6-5-7-11-19/h5-12,16,18,23H,13-15H2,1-4H3/t18-/m0/s1. The van der Waals surface area contributed by atoms with Crippen LogP contribution in [0.5, 0.6) is 17.2 Å². The molecule has 2 aromatic rings. The number of rotatable bonds is 10. The van der Waals surface area contributed by atoms with E-state index in [9.17, 15) is 5.11 Å². The fraction of sp³-hybridized carbons (Fsp3) is 0.429. The molecule has 0 bridgehead atoms. The zero-order valence-corrected chi connectivity index (χ0v) is 16.0. The number of hydrogen-bond donors (Lipinski definition) is 1. The van der Waals surface area contributed by atoms with Gasteiger partial charge in [0.2, 0.25) is 0 Å². The van der Waals surface area contributed by atoms with Crippen molar-refractivity contribution in [3.8, 4) is 17.2 Å². The molecule has 0 aliphatic heterocycles. The molecule has 0 fully saturated rings. The topological polar surface area (TPSA) is 51.2 Å². The molecule has 5 nitrogen and oxygen atoms in total. The van der Waals surface area contributed by atoms with E-state index in [1.807, 2.05) is 48.5 Å². The summed E-state index contributed by atoms with van der Waals surface area (Å²) in [5.41, 5.74) is 1.02. The first-order valence-corrected chi connectivity index (χ1v) is 8.85. The highest BCUT2D eigenvalue weighted by Crippen LogP contribution is 2.31. The van der Waals surface area contributed by atoms with Gasteiger partial charge in [0.15, 0.2) is 11.5 Å². The Bertz CT molecular complexity index is 660. The fourth-order valence-electron chi connectivity index (χ4n) is 2.79. The fourth-order valence-corrected chi connectivity index (χ4v) is 2.79. The van der Waals surface area contributed by atoms with Crippen LogP contribution in [0.4, 0.5) is 0 Å². The number of aliphatic hydroxyl groups is 1. The molecule has 5 heteroatoms. The van der Waals surface area contributed by atoms with Gasteiger partial charge < -0.3 is 19.3 Å². The Morgan fingerprint density at radius 3 is 2.31 bits per heavy atom. The molecule has 2 rings (SSSR count). The lowest BCUT2D eigenvalue weighted by Gasteiger charge is -2.29. The Labute approximate surface area is 156 Å². The third kappa shape index (κ3) is 5.64. The van der Waals surface area contributed by atoms with Gasteiger partial charge in [0.1, 0.15) is 18.5 Å². The largest absolute Gasteiger partial charge is 0.493 e. The van der Waals surface area contributed by atoms with E-state index in [-0.39, 0.29) is 12.6 Å². The average molecular weight is 359 g/mol. The summed E-state index contributed by atoms with van der Waals surface area (Å²) in [4.78, 5) is 2.19. The highest BCUT2D eigenvalue weighted by molar-refractivity contribution is 5.46. The van der Waals surface area contributed by atoms with Gasteiger partial charge in [-0.05, 0) is 32.0 Å². The summed E-state index contributed by atoms with van der Waals surface area (Å²) in [6.45, 7) is 5.63. The Morgan fingerprint density at radius 2 is 1.69 bits per heavy atom. The summed E-state index contributed by atoms with van der Waals surface area (Å²) in [7, 11) is 3.27. The summed E-state index contributed by atoms with van der Waals surface area (Å²) in [6.07, 6.45) is -0.589. The van der Waals surface area contributed by atoms with Crippen LogP contribution < -0.4 is 14.2 Å². The van der Waals surface area contributed by atoms with Crippen LogP contribution in [-0.4, -0.2) is 49.5 Å². The molecule has 1 N–H and O–H groups in total. The van der Waals surface area contributed by atoms with Crippen LogP contribution >= 0.6 is 0 Å². The number of benzene rings is 2. The minimum atomic E-state index is -0.589. The lowest BCUT2D eigenvalue weighted by Crippen LogP contribution is -2.39. The molecule has 0 amide bonds. The SMILES string of the molecule is COc1cccc(CN(C[C@H](O)COc2ccccc2)C(C)C)c1OC. The zero-order valence-electron chi connectivity index (χ0n) is 16.0. The summed E-state index contributed by atoms with van der Waals surface area (Å²) >= 11 is 0. The molecule has 26 heavy (non-hydrogen) atoms. The van der Waals surface area contributed by atoms with Crippen molar-refractivity contribution in [2.24, 2.45) is 0 Å². The van der Waals surface area contributed by atoms with Crippen LogP contribution in [0.25, 0.3) is 0 Å². The lowest BCUT2D eigenvalue weighted by atomic mass is 10.1. The predicted molar refractivity (Wildman–Crippen MR) is 103 cm³/mol. The normalized spacial score (nSPS) is 12.3. The van der Waals surface area contributed by atoms with Crippen molar-refractivity contribution in [1.82, 2.24) is 4.90 Å². The van der Waals surface area contributed by atoms with E-state index in [2.05, 4.69) is 18.7 Å². The third-order valence-corrected chi connectivity index (χ3v) is 4.22. The van der Waals surface area contributed by atoms with Gasteiger partial charge in [-0.2, -0.15) is 0 Å². The van der Waals surface area contributed by atoms with Crippen molar-refractivity contribution >= 4 is 0 Å². The Kier molecular flexibility index (Phi) is 7.75. The van der Waals surface area contributed by atoms with Gasteiger partial charge in [0, 0.05) is 24.7 Å². The van der Waals surface area contributed by atoms with Gasteiger partial charge in [0.25, 0.3) is 0 Å². The second kappa shape index (κ2) is 10.0. The average Bonchev–Trinajstić information content (AvgIpc) is 2.66. The maximum absolute atomic E-state index is 10.4. The number of nitrogens with zero attached hydrogens (tertiary/aromatic N) is 1. The molecule has 0 saturated heterocycles. The van der Waals surface area contributed by atoms with Gasteiger partial charge in [-0.15, -0.1) is 0 Å². The number of aliphatic hydroxyl groups excluding tert-OH is 1. The minimum absolute atomic E-state index is 0.252. The summed E-state index contributed by atoms with van der Waals surface area (Å²) < 4.78 is 16.6. The third-order valence-electron chi connectivity index (χ3n) is 4.22. The van der Waals surface area contributed by atoms with E-state index >= 15 is 0 Å². The maximum Gasteiger partial charge on any atom is 0.165 e. The van der Waals surface area contributed by atoms with Crippen LogP contribution in [0.15, 0.2) is 48.5 Å². The van der Waals surface area contributed by atoms with Crippen molar-refractivity contribution in [3.63, 3.8) is 0 Å². The van der Waals surface area contributed by atoms with Crippen LogP contribution in [0.3, 0.4) is 0 Å². The monoisotopic (exact) mass is 359 g/mol. The number of hydrogen-bond acceptors (Lipinski definition) is 5. The molecular formula is C21H29NO4. The van der Waals surface area contributed by atoms with Crippen molar-refractivity contribution in [1.29, 1.82) is 0 Å². The Hall–Kier alpha value is -2.24. The molecule has 0 unspecified atom stereocenters. The maximum atomic E-state index is 10.4. The van der Waals surface area contributed by atoms with Crippen molar-refractivity contribution in [2.75, 3.05) is 27.4 Å². The van der Waals surface area contributed by atoms with Gasteiger partial charge in [-0.1, -0.05) is 30.3 Å². The van der Waals surface area contributed by atoms with Crippen LogP contribution in [0, 0.1) is 0 Å². The Morgan fingerprint density at radius 1 is 0.962 bits per heavy atom. The van der Waals surface area contributed by atoms with Gasteiger partial charge in [-0.25, -0.2) is 0 Å². The molecule has 1 atom stereocenters. The van der Waals surface area contributed by atoms with E-state index in [0.717, 1.165) is 17.1 Å². The van der Waals surface area contributed by atoms with Gasteiger partial charge in [-0.3, -0.25) is 4.90 Å². The smallest absolute Gasteiger partial charge is 0.165 e. The minimum Gasteiger partial charge on any atom is -0.493 e. The van der Waals surface area contributed by atoms with Crippen molar-refractivity contribution in [2.45, 2.75) is 32.5 Å². The highest BCUT2D eigenvalue weighted by atomic mass is 16.5. The number of methoxy groups -OCH3 is 2. The van der Waals surface area contributed by atoms with E-state index in [1.54, 1.807) is 14.2 Å². The lowest BCUT2D eigenvalue weighted by molar-refractivity contribution is 0.0540. The van der Waals surface area contributed by atoms with Crippen molar-refractivity contribution in [3.05, 3.63) is 54.1 Å². The van der Waals surface area contributed by atoms with E-state index in [1.165, 1.54) is 0 Å². The second-order valence-electron chi connectivity index (χ2n) is 6.45. The molecule has 0 radical (unpaired) electrons. The molecule has 0 heterocycles. The molecular weight excluding hydrogens is 330 g/mol. The van der Waals surface area contributed by atoms with E-state index < -0.39 is 6.10 Å². The zero-order chi connectivity index (χ0) is 18.9. The molecule has 0 aliphatic carbocycles. The molecule has 0 saturated carbocycles. The summed E-state index contributed by atoms with van der Waals surface area (Å²) in [5, 5.41) is 10.4. The second-order valence-corrected chi connectivity index (χ2v) is 6.45. The number of para-hydroxylation sites is 2. The molecule has 0 spiro atoms. The summed E-state index contributed by atoms with van der Waals surface area (Å²) in [6, 6.07) is 15.6. The number of ether oxygens (including phenoxy) is 3. The van der Waals surface area contributed by atoms with E-state index in [4.69, 9.17) is 14.2 Å². The van der Waals surface area contributed by atoms with Crippen molar-refractivity contribution < 1.29 is 19.3 Å². The first-order valence-electron chi connectivity index (χ1n) is 8.85. The quantitative estimate of drug-likeness (QED) is 0.705. The van der Waals surface area contributed by atoms with E-state index in [0.29, 0.717) is 18.8 Å². The van der Waals surface area contributed by atoms with Crippen LogP contribution in [-0.2, 0) is 6.54 Å². The molecule has 2 aromatic carbocycles. The van der Waals surface area contributed by atoms with Crippen LogP contribution in [0.1, 0.15) is 19.4 Å². The highest BCUT2D eigenvalue weighted by Gasteiger charge is 2.19.